The van der Waals surface area contributed by atoms with Crippen molar-refractivity contribution >= 4 is 0 Å². The molecule has 140 valence electrons. The van der Waals surface area contributed by atoms with Gasteiger partial charge in [0.25, 0.3) is 0 Å². The van der Waals surface area contributed by atoms with Gasteiger partial charge in [-0.3, -0.25) is 0 Å². The molecule has 0 saturated heterocycles. The highest BCUT2D eigenvalue weighted by molar-refractivity contribution is 5.77. The Morgan fingerprint density at radius 1 is 0.607 bits per heavy atom. The van der Waals surface area contributed by atoms with Gasteiger partial charge < -0.3 is 30.6 Å². The third-order valence-corrected chi connectivity index (χ3v) is 6.77. The number of hydrogen-bond donors (Lipinski definition) is 6. The van der Waals surface area contributed by atoms with Crippen LogP contribution in [0.4, 0.5) is 0 Å². The number of benzene rings is 3. The van der Waals surface area contributed by atoms with E-state index in [1.54, 1.807) is 12.1 Å². The van der Waals surface area contributed by atoms with Crippen molar-refractivity contribution in [1.82, 2.24) is 0 Å². The highest BCUT2D eigenvalue weighted by Crippen LogP contribution is 2.75. The normalized spacial score (nSPS) is 25.3. The predicted molar refractivity (Wildman–Crippen MR) is 98.4 cm³/mol. The Hall–Kier alpha value is -3.54. The van der Waals surface area contributed by atoms with Crippen LogP contribution in [0.2, 0.25) is 0 Å². The van der Waals surface area contributed by atoms with E-state index in [4.69, 9.17) is 0 Å². The lowest BCUT2D eigenvalue weighted by molar-refractivity contribution is 0.314. The molecule has 1 spiro atoms. The fraction of sp³-hybridized carbons (Fsp3) is 0.182. The Labute approximate surface area is 159 Å². The van der Waals surface area contributed by atoms with Crippen LogP contribution in [0.25, 0.3) is 0 Å². The zero-order valence-electron chi connectivity index (χ0n) is 14.5. The SMILES string of the molecule is Oc1cc(O)c2c(c1)C1c3c(O)cc(O)cc3C13Cc1cc(O)c(O)cc1C23. The maximum Gasteiger partial charge on any atom is 0.157 e. The molecule has 0 aromatic heterocycles. The van der Waals surface area contributed by atoms with Crippen molar-refractivity contribution < 1.29 is 30.6 Å². The molecule has 0 saturated carbocycles. The predicted octanol–water partition coefficient (Wildman–Crippen LogP) is 3.01. The molecule has 6 nitrogen and oxygen atoms in total. The molecule has 3 aromatic rings. The highest BCUT2D eigenvalue weighted by atomic mass is 16.3. The maximum atomic E-state index is 10.7. The van der Waals surface area contributed by atoms with Crippen molar-refractivity contribution in [2.24, 2.45) is 0 Å². The van der Waals surface area contributed by atoms with E-state index in [2.05, 4.69) is 0 Å². The summed E-state index contributed by atoms with van der Waals surface area (Å²) >= 11 is 0. The minimum atomic E-state index is -0.568. The molecular weight excluding hydrogens is 360 g/mol. The Kier molecular flexibility index (Phi) is 2.48. The van der Waals surface area contributed by atoms with E-state index in [9.17, 15) is 30.6 Å². The standard InChI is InChI=1S/C22H16O6/c23-9-2-12-18(16(27)4-9)20-11-6-15(26)14(25)1-8(11)7-22(20)13-3-10(24)5-17(28)19(13)21(12)22/h1-6,20-21,23-28H,7H2. The largest absolute Gasteiger partial charge is 0.508 e. The second-order valence-corrected chi connectivity index (χ2v) is 8.02. The molecule has 0 fully saturated rings. The fourth-order valence-electron chi connectivity index (χ4n) is 5.96. The second-order valence-electron chi connectivity index (χ2n) is 8.02. The van der Waals surface area contributed by atoms with Crippen molar-refractivity contribution in [2.45, 2.75) is 23.7 Å². The summed E-state index contributed by atoms with van der Waals surface area (Å²) in [5.41, 5.74) is 3.89. The summed E-state index contributed by atoms with van der Waals surface area (Å²) in [4.78, 5) is 0. The number of phenols is 6. The monoisotopic (exact) mass is 376 g/mol. The molecule has 28 heavy (non-hydrogen) atoms. The van der Waals surface area contributed by atoms with E-state index in [-0.39, 0.29) is 46.3 Å². The first-order valence-corrected chi connectivity index (χ1v) is 8.99. The van der Waals surface area contributed by atoms with E-state index in [1.165, 1.54) is 24.3 Å². The van der Waals surface area contributed by atoms with Crippen molar-refractivity contribution in [2.75, 3.05) is 0 Å². The van der Waals surface area contributed by atoms with Crippen LogP contribution < -0.4 is 0 Å². The summed E-state index contributed by atoms with van der Waals surface area (Å²) in [6.07, 6.45) is 0.510. The molecule has 3 atom stereocenters. The van der Waals surface area contributed by atoms with E-state index >= 15 is 0 Å². The molecule has 3 aromatic carbocycles. The molecule has 3 aliphatic carbocycles. The number of hydrogen-bond acceptors (Lipinski definition) is 6. The Balaban J connectivity index is 1.73. The summed E-state index contributed by atoms with van der Waals surface area (Å²) < 4.78 is 0. The van der Waals surface area contributed by atoms with Crippen molar-refractivity contribution in [3.05, 3.63) is 69.8 Å². The van der Waals surface area contributed by atoms with E-state index in [0.717, 1.165) is 22.3 Å². The summed E-state index contributed by atoms with van der Waals surface area (Å²) in [5, 5.41) is 61.4. The van der Waals surface area contributed by atoms with Gasteiger partial charge in [-0.1, -0.05) is 0 Å². The van der Waals surface area contributed by atoms with Crippen LogP contribution in [0.1, 0.15) is 45.2 Å². The van der Waals surface area contributed by atoms with Gasteiger partial charge in [0.1, 0.15) is 23.0 Å². The molecule has 6 rings (SSSR count). The molecule has 6 heteroatoms. The summed E-state index contributed by atoms with van der Waals surface area (Å²) in [5.74, 6) is -1.25. The van der Waals surface area contributed by atoms with E-state index < -0.39 is 5.41 Å². The lowest BCUT2D eigenvalue weighted by Crippen LogP contribution is -2.43. The molecular formula is C22H16O6. The summed E-state index contributed by atoms with van der Waals surface area (Å²) in [7, 11) is 0. The van der Waals surface area contributed by atoms with Crippen molar-refractivity contribution in [3.63, 3.8) is 0 Å². The van der Waals surface area contributed by atoms with Crippen LogP contribution >= 0.6 is 0 Å². The number of aromatic hydroxyl groups is 6. The summed E-state index contributed by atoms with van der Waals surface area (Å²) in [6, 6.07) is 8.87. The Morgan fingerprint density at radius 2 is 1.21 bits per heavy atom. The zero-order valence-corrected chi connectivity index (χ0v) is 14.5. The summed E-state index contributed by atoms with van der Waals surface area (Å²) in [6.45, 7) is 0. The Bertz CT molecular complexity index is 1230. The molecule has 3 aliphatic rings. The highest BCUT2D eigenvalue weighted by Gasteiger charge is 2.67. The number of rotatable bonds is 0. The number of fused-ring (bicyclic) bond motifs is 7. The minimum absolute atomic E-state index is 0.0262. The maximum absolute atomic E-state index is 10.7. The van der Waals surface area contributed by atoms with Gasteiger partial charge in [0.2, 0.25) is 0 Å². The van der Waals surface area contributed by atoms with Gasteiger partial charge in [0, 0.05) is 40.5 Å². The first kappa shape index (κ1) is 15.5. The minimum Gasteiger partial charge on any atom is -0.508 e. The lowest BCUT2D eigenvalue weighted by atomic mass is 9.53. The van der Waals surface area contributed by atoms with Gasteiger partial charge in [-0.2, -0.15) is 0 Å². The topological polar surface area (TPSA) is 121 Å². The van der Waals surface area contributed by atoms with Crippen LogP contribution in [0.3, 0.4) is 0 Å². The smallest absolute Gasteiger partial charge is 0.157 e. The van der Waals surface area contributed by atoms with Gasteiger partial charge in [-0.25, -0.2) is 0 Å². The zero-order chi connectivity index (χ0) is 19.5. The molecule has 0 radical (unpaired) electrons. The molecule has 3 unspecified atom stereocenters. The third-order valence-electron chi connectivity index (χ3n) is 6.77. The van der Waals surface area contributed by atoms with Crippen molar-refractivity contribution in [1.29, 1.82) is 0 Å². The molecule has 0 bridgehead atoms. The van der Waals surface area contributed by atoms with Gasteiger partial charge in [-0.05, 0) is 52.9 Å². The lowest BCUT2D eigenvalue weighted by Gasteiger charge is -2.48. The van der Waals surface area contributed by atoms with Crippen LogP contribution in [-0.4, -0.2) is 30.6 Å². The van der Waals surface area contributed by atoms with Crippen molar-refractivity contribution in [3.8, 4) is 34.5 Å². The Morgan fingerprint density at radius 3 is 1.96 bits per heavy atom. The van der Waals surface area contributed by atoms with Gasteiger partial charge in [-0.15, -0.1) is 0 Å². The van der Waals surface area contributed by atoms with Crippen LogP contribution in [-0.2, 0) is 11.8 Å². The second kappa shape index (κ2) is 4.47. The average molecular weight is 376 g/mol. The van der Waals surface area contributed by atoms with Gasteiger partial charge in [0.05, 0.1) is 0 Å². The molecule has 0 heterocycles. The van der Waals surface area contributed by atoms with Gasteiger partial charge in [0.15, 0.2) is 11.5 Å². The average Bonchev–Trinajstić information content (AvgIpc) is 3.03. The number of phenolic OH excluding ortho intramolecular Hbond substituents is 6. The first-order chi connectivity index (χ1) is 13.3. The molecule has 6 N–H and O–H groups in total. The third kappa shape index (κ3) is 1.48. The molecule has 0 amide bonds. The van der Waals surface area contributed by atoms with E-state index in [1.807, 2.05) is 0 Å². The van der Waals surface area contributed by atoms with Crippen LogP contribution in [0.5, 0.6) is 34.5 Å². The fourth-order valence-corrected chi connectivity index (χ4v) is 5.96. The van der Waals surface area contributed by atoms with Gasteiger partial charge >= 0.3 is 0 Å². The molecule has 0 aliphatic heterocycles. The van der Waals surface area contributed by atoms with Crippen LogP contribution in [0.15, 0.2) is 36.4 Å². The quantitative estimate of drug-likeness (QED) is 0.336. The first-order valence-electron chi connectivity index (χ1n) is 8.99. The van der Waals surface area contributed by atoms with Crippen LogP contribution in [0, 0.1) is 0 Å². The van der Waals surface area contributed by atoms with E-state index in [0.29, 0.717) is 17.5 Å².